The zero-order valence-electron chi connectivity index (χ0n) is 6.68. The Bertz CT molecular complexity index is 174. The average molecular weight is 156 g/mol. The number of hydrogen-bond donors (Lipinski definition) is 0. The summed E-state index contributed by atoms with van der Waals surface area (Å²) in [5, 5.41) is 1.26. The molecule has 0 nitrogen and oxygen atoms in total. The fraction of sp³-hybridized carbons (Fsp3) is 1.00. The summed E-state index contributed by atoms with van der Waals surface area (Å²) < 4.78 is 0. The van der Waals surface area contributed by atoms with Crippen LogP contribution in [0.1, 0.15) is 19.3 Å². The van der Waals surface area contributed by atoms with Crippen LogP contribution in [-0.2, 0) is 0 Å². The maximum Gasteiger partial charge on any atom is -0.000616 e. The molecule has 0 bridgehead atoms. The normalized spacial score (nSPS) is 70.3. The van der Waals surface area contributed by atoms with E-state index in [9.17, 15) is 0 Å². The lowest BCUT2D eigenvalue weighted by Crippen LogP contribution is -2.09. The van der Waals surface area contributed by atoms with Gasteiger partial charge in [0.2, 0.25) is 0 Å². The van der Waals surface area contributed by atoms with E-state index in [1.54, 1.807) is 30.8 Å². The van der Waals surface area contributed by atoms with E-state index < -0.39 is 0 Å². The van der Waals surface area contributed by atoms with E-state index in [0.717, 1.165) is 0 Å². The Kier molecular flexibility index (Phi) is 0.934. The molecule has 0 radical (unpaired) electrons. The van der Waals surface area contributed by atoms with E-state index in [0.29, 0.717) is 0 Å². The summed E-state index contributed by atoms with van der Waals surface area (Å²) in [6, 6.07) is 0. The summed E-state index contributed by atoms with van der Waals surface area (Å²) in [6.45, 7) is 0. The van der Waals surface area contributed by atoms with Gasteiger partial charge in [-0.2, -0.15) is 0 Å². The zero-order valence-corrected chi connectivity index (χ0v) is 7.49. The maximum atomic E-state index is 2.59. The van der Waals surface area contributed by atoms with Crippen molar-refractivity contribution in [1.82, 2.24) is 0 Å². The van der Waals surface area contributed by atoms with Crippen LogP contribution in [0.15, 0.2) is 0 Å². The molecule has 0 amide bonds. The SMILES string of the molecule is CS12CC3CCCC3[C@@H]1C2. The Hall–Kier alpha value is 0.350. The average Bonchev–Trinajstić information content (AvgIpc) is 2.32. The quantitative estimate of drug-likeness (QED) is 0.472. The van der Waals surface area contributed by atoms with Gasteiger partial charge in [-0.25, -0.2) is 10.0 Å². The molecule has 4 atom stereocenters. The minimum absolute atomic E-state index is 0.0612. The minimum Gasteiger partial charge on any atom is -0.239 e. The van der Waals surface area contributed by atoms with Crippen molar-refractivity contribution >= 4 is 10.0 Å². The van der Waals surface area contributed by atoms with Gasteiger partial charge in [0.1, 0.15) is 0 Å². The Labute approximate surface area is 64.7 Å². The van der Waals surface area contributed by atoms with Gasteiger partial charge in [-0.1, -0.05) is 6.42 Å². The lowest BCUT2D eigenvalue weighted by molar-refractivity contribution is 0.455. The van der Waals surface area contributed by atoms with Gasteiger partial charge < -0.3 is 0 Å². The summed E-state index contributed by atoms with van der Waals surface area (Å²) in [6.07, 6.45) is 7.33. The Morgan fingerprint density at radius 1 is 1.20 bits per heavy atom. The molecule has 3 rings (SSSR count). The van der Waals surface area contributed by atoms with Gasteiger partial charge >= 0.3 is 0 Å². The largest absolute Gasteiger partial charge is 0.239 e. The fourth-order valence-corrected chi connectivity index (χ4v) is 7.92. The molecule has 3 unspecified atom stereocenters. The Morgan fingerprint density at radius 3 is 2.90 bits per heavy atom. The molecular weight excluding hydrogens is 140 g/mol. The van der Waals surface area contributed by atoms with Crippen molar-refractivity contribution in [3.63, 3.8) is 0 Å². The van der Waals surface area contributed by atoms with Gasteiger partial charge in [0, 0.05) is 0 Å². The van der Waals surface area contributed by atoms with Gasteiger partial charge in [0.25, 0.3) is 0 Å². The number of rotatable bonds is 0. The van der Waals surface area contributed by atoms with E-state index in [-0.39, 0.29) is 10.0 Å². The molecule has 58 valence electrons. The van der Waals surface area contributed by atoms with Gasteiger partial charge in [-0.05, 0) is 47.7 Å². The lowest BCUT2D eigenvalue weighted by Gasteiger charge is -2.13. The van der Waals surface area contributed by atoms with E-state index in [4.69, 9.17) is 0 Å². The molecule has 10 heavy (non-hydrogen) atoms. The van der Waals surface area contributed by atoms with Crippen molar-refractivity contribution in [2.75, 3.05) is 17.8 Å². The van der Waals surface area contributed by atoms with E-state index in [1.807, 2.05) is 0 Å². The highest BCUT2D eigenvalue weighted by Gasteiger charge is 2.59. The molecule has 0 aromatic rings. The van der Waals surface area contributed by atoms with Gasteiger partial charge in [-0.15, -0.1) is 0 Å². The third-order valence-corrected chi connectivity index (χ3v) is 7.81. The molecule has 0 spiro atoms. The zero-order chi connectivity index (χ0) is 6.77. The predicted octanol–water partition coefficient (Wildman–Crippen LogP) is 2.23. The van der Waals surface area contributed by atoms with Crippen LogP contribution in [-0.4, -0.2) is 23.0 Å². The van der Waals surface area contributed by atoms with Crippen LogP contribution in [0.2, 0.25) is 0 Å². The standard InChI is InChI=1S/C9H16S/c1-10-5-7-3-2-4-8(7)9(10)6-10/h7-9H,2-6H2,1H3/t7?,8?,9-/m0/s1. The Balaban J connectivity index is 1.90. The third-order valence-electron chi connectivity index (χ3n) is 3.95. The lowest BCUT2D eigenvalue weighted by atomic mass is 9.96. The Morgan fingerprint density at radius 2 is 2.10 bits per heavy atom. The summed E-state index contributed by atoms with van der Waals surface area (Å²) in [7, 11) is 0.0612. The first kappa shape index (κ1) is 5.93. The predicted molar refractivity (Wildman–Crippen MR) is 47.9 cm³/mol. The van der Waals surface area contributed by atoms with Crippen LogP contribution in [0, 0.1) is 11.8 Å². The van der Waals surface area contributed by atoms with Crippen molar-refractivity contribution in [2.24, 2.45) is 11.8 Å². The fourth-order valence-electron chi connectivity index (χ4n) is 3.32. The first-order chi connectivity index (χ1) is 4.80. The monoisotopic (exact) mass is 156 g/mol. The summed E-state index contributed by atoms with van der Waals surface area (Å²) in [5.74, 6) is 5.76. The molecule has 1 aliphatic carbocycles. The van der Waals surface area contributed by atoms with Crippen molar-refractivity contribution in [2.45, 2.75) is 24.5 Å². The third kappa shape index (κ3) is 0.561. The highest BCUT2D eigenvalue weighted by atomic mass is 32.3. The highest BCUT2D eigenvalue weighted by molar-refractivity contribution is 8.39. The number of hydrogen-bond acceptors (Lipinski definition) is 0. The maximum absolute atomic E-state index is 2.59. The molecule has 0 N–H and O–H groups in total. The first-order valence-corrected chi connectivity index (χ1v) is 6.96. The van der Waals surface area contributed by atoms with Crippen LogP contribution in [0.4, 0.5) is 0 Å². The van der Waals surface area contributed by atoms with Crippen molar-refractivity contribution in [1.29, 1.82) is 0 Å². The minimum atomic E-state index is 0.0612. The van der Waals surface area contributed by atoms with E-state index in [1.165, 1.54) is 17.1 Å². The molecule has 0 aromatic heterocycles. The second-order valence-corrected chi connectivity index (χ2v) is 8.55. The van der Waals surface area contributed by atoms with Crippen LogP contribution in [0.25, 0.3) is 0 Å². The smallest absolute Gasteiger partial charge is 0.000616 e. The molecule has 2 heterocycles. The second kappa shape index (κ2) is 1.57. The molecule has 2 saturated heterocycles. The molecule has 1 saturated carbocycles. The second-order valence-electron chi connectivity index (χ2n) is 4.58. The molecule has 3 fully saturated rings. The molecular formula is C9H16S. The van der Waals surface area contributed by atoms with Crippen molar-refractivity contribution in [3.8, 4) is 0 Å². The first-order valence-electron chi connectivity index (χ1n) is 4.52. The molecule has 1 heteroatoms. The van der Waals surface area contributed by atoms with Gasteiger partial charge in [0.15, 0.2) is 0 Å². The summed E-state index contributed by atoms with van der Waals surface area (Å²) in [4.78, 5) is 0. The number of fused-ring (bicyclic) bond motifs is 3. The molecule has 0 aromatic carbocycles. The van der Waals surface area contributed by atoms with Gasteiger partial charge in [0.05, 0.1) is 0 Å². The highest BCUT2D eigenvalue weighted by Crippen LogP contribution is 2.77. The van der Waals surface area contributed by atoms with Gasteiger partial charge in [-0.3, -0.25) is 0 Å². The molecule has 2 aliphatic heterocycles. The van der Waals surface area contributed by atoms with Crippen LogP contribution in [0.5, 0.6) is 0 Å². The van der Waals surface area contributed by atoms with E-state index in [2.05, 4.69) is 6.26 Å². The van der Waals surface area contributed by atoms with Crippen LogP contribution < -0.4 is 0 Å². The van der Waals surface area contributed by atoms with Crippen molar-refractivity contribution < 1.29 is 0 Å². The summed E-state index contributed by atoms with van der Waals surface area (Å²) in [5.41, 5.74) is 0. The molecule has 3 aliphatic rings. The summed E-state index contributed by atoms with van der Waals surface area (Å²) >= 11 is 0. The van der Waals surface area contributed by atoms with Crippen molar-refractivity contribution in [3.05, 3.63) is 0 Å². The van der Waals surface area contributed by atoms with E-state index >= 15 is 0 Å². The van der Waals surface area contributed by atoms with Crippen LogP contribution in [0.3, 0.4) is 0 Å². The van der Waals surface area contributed by atoms with Crippen LogP contribution >= 0.6 is 10.0 Å². The topological polar surface area (TPSA) is 0 Å².